The van der Waals surface area contributed by atoms with Gasteiger partial charge in [0, 0.05) is 26.1 Å². The molecule has 0 aromatic heterocycles. The number of amides is 2. The average molecular weight is 242 g/mol. The monoisotopic (exact) mass is 242 g/mol. The Balaban J connectivity index is 1.89. The van der Waals surface area contributed by atoms with Crippen LogP contribution in [0.5, 0.6) is 0 Å². The molecule has 5 heteroatoms. The average Bonchev–Trinajstić information content (AvgIpc) is 2.54. The zero-order valence-corrected chi connectivity index (χ0v) is 10.2. The largest absolute Gasteiger partial charge is 0.354 e. The molecule has 2 amide bonds. The van der Waals surface area contributed by atoms with Crippen molar-refractivity contribution in [2.75, 3.05) is 25.4 Å². The molecule has 2 saturated heterocycles. The van der Waals surface area contributed by atoms with E-state index in [-0.39, 0.29) is 17.1 Å². The molecule has 1 atom stereocenters. The summed E-state index contributed by atoms with van der Waals surface area (Å²) < 4.78 is 0. The lowest BCUT2D eigenvalue weighted by molar-refractivity contribution is -0.130. The molecule has 16 heavy (non-hydrogen) atoms. The van der Waals surface area contributed by atoms with Gasteiger partial charge in [-0.3, -0.25) is 9.59 Å². The van der Waals surface area contributed by atoms with Crippen molar-refractivity contribution >= 4 is 23.6 Å². The van der Waals surface area contributed by atoms with Crippen LogP contribution in [0.1, 0.15) is 25.7 Å². The van der Waals surface area contributed by atoms with Crippen LogP contribution in [0.25, 0.3) is 0 Å². The zero-order chi connectivity index (χ0) is 11.4. The lowest BCUT2D eigenvalue weighted by Crippen LogP contribution is -2.40. The Morgan fingerprint density at radius 2 is 2.25 bits per heavy atom. The third-order valence-corrected chi connectivity index (χ3v) is 4.44. The van der Waals surface area contributed by atoms with Gasteiger partial charge in [-0.05, 0) is 18.6 Å². The highest BCUT2D eigenvalue weighted by molar-refractivity contribution is 8.00. The van der Waals surface area contributed by atoms with Gasteiger partial charge < -0.3 is 10.2 Å². The van der Waals surface area contributed by atoms with Gasteiger partial charge in [-0.25, -0.2) is 0 Å². The van der Waals surface area contributed by atoms with Crippen molar-refractivity contribution in [1.82, 2.24) is 10.2 Å². The molecule has 2 rings (SSSR count). The Morgan fingerprint density at radius 1 is 1.38 bits per heavy atom. The topological polar surface area (TPSA) is 49.4 Å². The summed E-state index contributed by atoms with van der Waals surface area (Å²) in [5.41, 5.74) is 0. The zero-order valence-electron chi connectivity index (χ0n) is 9.41. The fourth-order valence-corrected chi connectivity index (χ4v) is 3.41. The van der Waals surface area contributed by atoms with Crippen LogP contribution < -0.4 is 5.32 Å². The predicted octanol–water partition coefficient (Wildman–Crippen LogP) is 0.621. The molecule has 2 heterocycles. The van der Waals surface area contributed by atoms with Crippen molar-refractivity contribution in [3.63, 3.8) is 0 Å². The Kier molecular flexibility index (Phi) is 4.09. The van der Waals surface area contributed by atoms with E-state index >= 15 is 0 Å². The number of hydrogen-bond acceptors (Lipinski definition) is 3. The Bertz CT molecular complexity index is 277. The number of carbonyl (C=O) groups is 2. The van der Waals surface area contributed by atoms with Crippen molar-refractivity contribution in [2.45, 2.75) is 30.9 Å². The van der Waals surface area contributed by atoms with Crippen molar-refractivity contribution in [3.05, 3.63) is 0 Å². The first kappa shape index (κ1) is 11.8. The summed E-state index contributed by atoms with van der Waals surface area (Å²) in [6.07, 6.45) is 3.84. The number of nitrogens with one attached hydrogen (secondary N) is 1. The highest BCUT2D eigenvalue weighted by atomic mass is 32.2. The molecular formula is C11H18N2O2S. The standard InChI is InChI=1S/C11H18N2O2S/c14-10-4-6-13(7-5-12-10)11(15)9-3-1-2-8-16-9/h9H,1-8H2,(H,12,14). The van der Waals surface area contributed by atoms with E-state index < -0.39 is 0 Å². The summed E-state index contributed by atoms with van der Waals surface area (Å²) in [4.78, 5) is 25.2. The first-order valence-electron chi connectivity index (χ1n) is 5.94. The quantitative estimate of drug-likeness (QED) is 0.733. The highest BCUT2D eigenvalue weighted by Crippen LogP contribution is 2.26. The van der Waals surface area contributed by atoms with E-state index in [1.165, 1.54) is 6.42 Å². The second-order valence-electron chi connectivity index (χ2n) is 4.28. The summed E-state index contributed by atoms with van der Waals surface area (Å²) in [6.45, 7) is 1.85. The van der Waals surface area contributed by atoms with E-state index in [1.54, 1.807) is 11.8 Å². The Hall–Kier alpha value is -0.710. The molecule has 0 saturated carbocycles. The van der Waals surface area contributed by atoms with Gasteiger partial charge in [0.05, 0.1) is 5.25 Å². The summed E-state index contributed by atoms with van der Waals surface area (Å²) in [6, 6.07) is 0. The first-order chi connectivity index (χ1) is 7.77. The second kappa shape index (κ2) is 5.57. The molecule has 1 N–H and O–H groups in total. The smallest absolute Gasteiger partial charge is 0.235 e. The van der Waals surface area contributed by atoms with E-state index in [0.717, 1.165) is 18.6 Å². The summed E-state index contributed by atoms with van der Waals surface area (Å²) in [5.74, 6) is 1.40. The summed E-state index contributed by atoms with van der Waals surface area (Å²) in [5, 5.41) is 2.93. The molecule has 4 nitrogen and oxygen atoms in total. The molecule has 2 fully saturated rings. The number of nitrogens with zero attached hydrogens (tertiary/aromatic N) is 1. The first-order valence-corrected chi connectivity index (χ1v) is 6.99. The van der Waals surface area contributed by atoms with E-state index in [0.29, 0.717) is 26.1 Å². The Morgan fingerprint density at radius 3 is 3.00 bits per heavy atom. The van der Waals surface area contributed by atoms with Crippen LogP contribution in [0, 0.1) is 0 Å². The minimum atomic E-state index is 0.0617. The third-order valence-electron chi connectivity index (χ3n) is 3.08. The van der Waals surface area contributed by atoms with Crippen molar-refractivity contribution in [2.24, 2.45) is 0 Å². The van der Waals surface area contributed by atoms with Gasteiger partial charge in [0.2, 0.25) is 11.8 Å². The second-order valence-corrected chi connectivity index (χ2v) is 5.59. The van der Waals surface area contributed by atoms with E-state index in [4.69, 9.17) is 0 Å². The molecule has 0 spiro atoms. The normalized spacial score (nSPS) is 27.1. The van der Waals surface area contributed by atoms with E-state index in [9.17, 15) is 9.59 Å². The maximum Gasteiger partial charge on any atom is 0.235 e. The molecule has 0 aromatic carbocycles. The third kappa shape index (κ3) is 2.90. The SMILES string of the molecule is O=C1CCN(C(=O)C2CCCCS2)CCN1. The number of thioether (sulfide) groups is 1. The minimum absolute atomic E-state index is 0.0617. The van der Waals surface area contributed by atoms with Crippen LogP contribution in [-0.2, 0) is 9.59 Å². The van der Waals surface area contributed by atoms with Gasteiger partial charge >= 0.3 is 0 Å². The van der Waals surface area contributed by atoms with Crippen molar-refractivity contribution in [1.29, 1.82) is 0 Å². The van der Waals surface area contributed by atoms with Crippen molar-refractivity contribution < 1.29 is 9.59 Å². The lowest BCUT2D eigenvalue weighted by Gasteiger charge is -2.27. The fraction of sp³-hybridized carbons (Fsp3) is 0.818. The molecule has 1 unspecified atom stereocenters. The van der Waals surface area contributed by atoms with Crippen LogP contribution in [0.3, 0.4) is 0 Å². The van der Waals surface area contributed by atoms with Crippen LogP contribution in [-0.4, -0.2) is 47.4 Å². The number of rotatable bonds is 1. The maximum absolute atomic E-state index is 12.2. The molecule has 0 bridgehead atoms. The van der Waals surface area contributed by atoms with Crippen LogP contribution >= 0.6 is 11.8 Å². The molecule has 0 radical (unpaired) electrons. The predicted molar refractivity (Wildman–Crippen MR) is 64.3 cm³/mol. The highest BCUT2D eigenvalue weighted by Gasteiger charge is 2.27. The summed E-state index contributed by atoms with van der Waals surface area (Å²) in [7, 11) is 0. The number of carbonyl (C=O) groups excluding carboxylic acids is 2. The molecule has 0 aliphatic carbocycles. The molecule has 0 aromatic rings. The van der Waals surface area contributed by atoms with Gasteiger partial charge in [-0.2, -0.15) is 0 Å². The van der Waals surface area contributed by atoms with Gasteiger partial charge in [0.25, 0.3) is 0 Å². The van der Waals surface area contributed by atoms with E-state index in [1.807, 2.05) is 4.90 Å². The Labute approximate surface area is 100 Å². The van der Waals surface area contributed by atoms with Gasteiger partial charge in [-0.15, -0.1) is 11.8 Å². The molecule has 2 aliphatic heterocycles. The van der Waals surface area contributed by atoms with Gasteiger partial charge in [-0.1, -0.05) is 6.42 Å². The van der Waals surface area contributed by atoms with Gasteiger partial charge in [0.15, 0.2) is 0 Å². The lowest BCUT2D eigenvalue weighted by atomic mass is 10.1. The molecular weight excluding hydrogens is 224 g/mol. The van der Waals surface area contributed by atoms with Crippen LogP contribution in [0.4, 0.5) is 0 Å². The van der Waals surface area contributed by atoms with E-state index in [2.05, 4.69) is 5.32 Å². The van der Waals surface area contributed by atoms with Gasteiger partial charge in [0.1, 0.15) is 0 Å². The fourth-order valence-electron chi connectivity index (χ4n) is 2.13. The maximum atomic E-state index is 12.2. The molecule has 90 valence electrons. The van der Waals surface area contributed by atoms with Crippen molar-refractivity contribution in [3.8, 4) is 0 Å². The molecule has 2 aliphatic rings. The van der Waals surface area contributed by atoms with Crippen LogP contribution in [0.2, 0.25) is 0 Å². The number of hydrogen-bond donors (Lipinski definition) is 1. The van der Waals surface area contributed by atoms with Crippen LogP contribution in [0.15, 0.2) is 0 Å². The summed E-state index contributed by atoms with van der Waals surface area (Å²) >= 11 is 1.78. The minimum Gasteiger partial charge on any atom is -0.354 e.